The van der Waals surface area contributed by atoms with E-state index in [9.17, 15) is 18.4 Å². The van der Waals surface area contributed by atoms with E-state index in [1.54, 1.807) is 52.0 Å². The summed E-state index contributed by atoms with van der Waals surface area (Å²) in [7, 11) is 0. The second kappa shape index (κ2) is 12.6. The topological polar surface area (TPSA) is 99.6 Å². The number of nitrogens with one attached hydrogen (secondary N) is 1. The molecule has 0 fully saturated rings. The van der Waals surface area contributed by atoms with Gasteiger partial charge in [0, 0.05) is 24.2 Å². The Morgan fingerprint density at radius 3 is 2.42 bits per heavy atom. The van der Waals surface area contributed by atoms with Gasteiger partial charge in [-0.3, -0.25) is 4.79 Å². The van der Waals surface area contributed by atoms with Crippen molar-refractivity contribution < 1.29 is 32.6 Å². The fraction of sp³-hybridized carbons (Fsp3) is 0.333. The minimum absolute atomic E-state index is 0.0422. The van der Waals surface area contributed by atoms with Crippen LogP contribution in [0.1, 0.15) is 39.8 Å². The summed E-state index contributed by atoms with van der Waals surface area (Å²) in [6.45, 7) is 6.95. The largest absolute Gasteiger partial charge is 0.466 e. The molecule has 3 rings (SSSR count). The molecule has 1 N–H and O–H groups in total. The smallest absolute Gasteiger partial charge is 0.407 e. The maximum atomic E-state index is 14.7. The van der Waals surface area contributed by atoms with Gasteiger partial charge in [-0.25, -0.2) is 23.5 Å². The summed E-state index contributed by atoms with van der Waals surface area (Å²) >= 11 is 5.71. The van der Waals surface area contributed by atoms with Crippen molar-refractivity contribution in [2.75, 3.05) is 6.61 Å². The van der Waals surface area contributed by atoms with Crippen molar-refractivity contribution in [3.05, 3.63) is 71.0 Å². The molecule has 0 aliphatic heterocycles. The summed E-state index contributed by atoms with van der Waals surface area (Å²) in [5, 5.41) is 2.75. The van der Waals surface area contributed by atoms with Crippen molar-refractivity contribution in [1.29, 1.82) is 0 Å². The molecule has 3 aromatic rings. The van der Waals surface area contributed by atoms with Gasteiger partial charge in [-0.15, -0.1) is 0 Å². The van der Waals surface area contributed by atoms with Crippen LogP contribution in [0.3, 0.4) is 0 Å². The zero-order chi connectivity index (χ0) is 27.9. The summed E-state index contributed by atoms with van der Waals surface area (Å²) in [6.07, 6.45) is 0.247. The number of rotatable bonds is 9. The predicted octanol–water partition coefficient (Wildman–Crippen LogP) is 6.26. The van der Waals surface area contributed by atoms with Gasteiger partial charge >= 0.3 is 12.1 Å². The van der Waals surface area contributed by atoms with Gasteiger partial charge < -0.3 is 19.5 Å². The summed E-state index contributed by atoms with van der Waals surface area (Å²) in [6, 6.07) is 9.53. The van der Waals surface area contributed by atoms with Crippen molar-refractivity contribution in [3.8, 4) is 22.9 Å². The second-order valence-corrected chi connectivity index (χ2v) is 9.68. The lowest BCUT2D eigenvalue weighted by atomic mass is 10.1. The van der Waals surface area contributed by atoms with Crippen LogP contribution >= 0.6 is 11.6 Å². The molecular weight excluding hydrogens is 520 g/mol. The Hall–Kier alpha value is -3.79. The molecule has 11 heteroatoms. The molecule has 1 amide bonds. The van der Waals surface area contributed by atoms with Crippen LogP contribution in [0.5, 0.6) is 11.6 Å². The molecular formula is C27H28ClF2N3O5. The van der Waals surface area contributed by atoms with E-state index in [1.807, 2.05) is 0 Å². The molecule has 2 heterocycles. The first-order valence-corrected chi connectivity index (χ1v) is 12.2. The first kappa shape index (κ1) is 28.8. The Bertz CT molecular complexity index is 1280. The molecule has 0 saturated heterocycles. The maximum Gasteiger partial charge on any atom is 0.407 e. The van der Waals surface area contributed by atoms with E-state index in [0.717, 1.165) is 6.07 Å². The number of esters is 1. The third-order valence-electron chi connectivity index (χ3n) is 4.94. The average molecular weight is 548 g/mol. The molecule has 8 nitrogen and oxygen atoms in total. The fourth-order valence-electron chi connectivity index (χ4n) is 3.37. The van der Waals surface area contributed by atoms with Crippen LogP contribution in [0.2, 0.25) is 5.02 Å². The number of halogens is 3. The number of benzene rings is 1. The molecule has 38 heavy (non-hydrogen) atoms. The zero-order valence-electron chi connectivity index (χ0n) is 21.4. The number of nitrogens with zero attached hydrogens (tertiary/aromatic N) is 2. The molecule has 0 saturated carbocycles. The summed E-state index contributed by atoms with van der Waals surface area (Å²) in [4.78, 5) is 32.7. The number of ether oxygens (including phenoxy) is 3. The van der Waals surface area contributed by atoms with Gasteiger partial charge in [0.05, 0.1) is 29.4 Å². The van der Waals surface area contributed by atoms with E-state index in [4.69, 9.17) is 25.8 Å². The monoisotopic (exact) mass is 547 g/mol. The van der Waals surface area contributed by atoms with Crippen LogP contribution in [0.15, 0.2) is 48.7 Å². The Kier molecular flexibility index (Phi) is 9.57. The molecule has 202 valence electrons. The van der Waals surface area contributed by atoms with Gasteiger partial charge in [-0.2, -0.15) is 0 Å². The van der Waals surface area contributed by atoms with Crippen LogP contribution in [-0.2, 0) is 20.7 Å². The number of aromatic nitrogens is 2. The Labute approximate surface area is 224 Å². The molecule has 0 spiro atoms. The Balaban J connectivity index is 1.78. The predicted molar refractivity (Wildman–Crippen MR) is 137 cm³/mol. The summed E-state index contributed by atoms with van der Waals surface area (Å²) < 4.78 is 44.4. The highest BCUT2D eigenvalue weighted by molar-refractivity contribution is 6.30. The molecule has 0 aliphatic rings. The SMILES string of the molecule is CCOC(=O)C[C@@H](Cc1nc(-c2ccc(Oc3ncc(Cl)cc3F)cc2)ccc1F)NC(=O)OC(C)(C)C. The van der Waals surface area contributed by atoms with E-state index in [-0.39, 0.29) is 36.0 Å². The first-order chi connectivity index (χ1) is 17.9. The highest BCUT2D eigenvalue weighted by Crippen LogP contribution is 2.27. The second-order valence-electron chi connectivity index (χ2n) is 9.25. The Morgan fingerprint density at radius 1 is 1.08 bits per heavy atom. The molecule has 0 bridgehead atoms. The fourth-order valence-corrected chi connectivity index (χ4v) is 3.52. The third kappa shape index (κ3) is 8.65. The molecule has 0 aliphatic carbocycles. The summed E-state index contributed by atoms with van der Waals surface area (Å²) in [5.41, 5.74) is 0.356. The molecule has 1 aromatic carbocycles. The van der Waals surface area contributed by atoms with Gasteiger partial charge in [-0.1, -0.05) is 11.6 Å². The zero-order valence-corrected chi connectivity index (χ0v) is 22.1. The van der Waals surface area contributed by atoms with Gasteiger partial charge in [0.1, 0.15) is 17.2 Å². The average Bonchev–Trinajstić information content (AvgIpc) is 2.81. The minimum Gasteiger partial charge on any atom is -0.466 e. The van der Waals surface area contributed by atoms with Crippen molar-refractivity contribution in [1.82, 2.24) is 15.3 Å². The molecule has 1 atom stereocenters. The lowest BCUT2D eigenvalue weighted by Crippen LogP contribution is -2.41. The highest BCUT2D eigenvalue weighted by atomic mass is 35.5. The Morgan fingerprint density at radius 2 is 1.79 bits per heavy atom. The number of alkyl carbamates (subject to hydrolysis) is 1. The number of hydrogen-bond acceptors (Lipinski definition) is 7. The van der Waals surface area contributed by atoms with Crippen LogP contribution < -0.4 is 10.1 Å². The van der Waals surface area contributed by atoms with Crippen LogP contribution in [0, 0.1) is 11.6 Å². The summed E-state index contributed by atoms with van der Waals surface area (Å²) in [5.74, 6) is -1.76. The van der Waals surface area contributed by atoms with Crippen molar-refractivity contribution in [2.45, 2.75) is 52.2 Å². The van der Waals surface area contributed by atoms with Crippen LogP contribution in [0.25, 0.3) is 11.3 Å². The first-order valence-electron chi connectivity index (χ1n) is 11.8. The van der Waals surface area contributed by atoms with Crippen molar-refractivity contribution in [2.24, 2.45) is 0 Å². The molecule has 2 aromatic heterocycles. The van der Waals surface area contributed by atoms with Crippen LogP contribution in [-0.4, -0.2) is 40.3 Å². The third-order valence-corrected chi connectivity index (χ3v) is 5.14. The quantitative estimate of drug-likeness (QED) is 0.316. The van der Waals surface area contributed by atoms with E-state index in [2.05, 4.69) is 15.3 Å². The standard InChI is InChI=1S/C27H28ClF2N3O5/c1-5-36-24(34)14-18(32-26(35)38-27(2,3)4)13-23-20(29)10-11-22(33-23)16-6-8-19(9-7-16)37-25-21(30)12-17(28)15-31-25/h6-12,15,18H,5,13-14H2,1-4H3,(H,32,35)/t18-/m1/s1. The van der Waals surface area contributed by atoms with Gasteiger partial charge in [0.25, 0.3) is 5.88 Å². The number of carbonyl (C=O) groups excluding carboxylic acids is 2. The minimum atomic E-state index is -0.821. The molecule has 0 unspecified atom stereocenters. The number of amides is 1. The number of pyridine rings is 2. The lowest BCUT2D eigenvalue weighted by molar-refractivity contribution is -0.143. The highest BCUT2D eigenvalue weighted by Gasteiger charge is 2.24. The molecule has 0 radical (unpaired) electrons. The lowest BCUT2D eigenvalue weighted by Gasteiger charge is -2.23. The normalized spacial score (nSPS) is 12.0. The van der Waals surface area contributed by atoms with E-state index in [0.29, 0.717) is 17.0 Å². The van der Waals surface area contributed by atoms with Gasteiger partial charge in [0.15, 0.2) is 5.82 Å². The van der Waals surface area contributed by atoms with E-state index < -0.39 is 35.3 Å². The van der Waals surface area contributed by atoms with Crippen molar-refractivity contribution in [3.63, 3.8) is 0 Å². The van der Waals surface area contributed by atoms with Gasteiger partial charge in [0.2, 0.25) is 0 Å². The number of hydrogen-bond donors (Lipinski definition) is 1. The van der Waals surface area contributed by atoms with Gasteiger partial charge in [-0.05, 0) is 70.2 Å². The van der Waals surface area contributed by atoms with Crippen LogP contribution in [0.4, 0.5) is 13.6 Å². The van der Waals surface area contributed by atoms with E-state index in [1.165, 1.54) is 18.3 Å². The maximum absolute atomic E-state index is 14.7. The van der Waals surface area contributed by atoms with Crippen molar-refractivity contribution >= 4 is 23.7 Å². The number of carbonyl (C=O) groups is 2. The van der Waals surface area contributed by atoms with E-state index >= 15 is 0 Å².